The average Bonchev–Trinajstić information content (AvgIpc) is 2.45. The van der Waals surface area contributed by atoms with Gasteiger partial charge in [0, 0.05) is 23.4 Å². The first-order chi connectivity index (χ1) is 10.1. The van der Waals surface area contributed by atoms with Gasteiger partial charge in [-0.1, -0.05) is 18.2 Å². The molecular formula is C15H16N2O3S. The molecule has 0 unspecified atom stereocenters. The van der Waals surface area contributed by atoms with E-state index in [1.807, 2.05) is 31.2 Å². The molecule has 0 aliphatic rings. The molecule has 0 saturated heterocycles. The topological polar surface area (TPSA) is 79.3 Å². The molecule has 0 bridgehead atoms. The van der Waals surface area contributed by atoms with Gasteiger partial charge in [0.2, 0.25) is 0 Å². The molecule has 0 saturated carbocycles. The molecule has 1 heterocycles. The number of pyridine rings is 1. The number of nitrogens with one attached hydrogen (secondary N) is 1. The molecule has 6 heteroatoms. The van der Waals surface area contributed by atoms with Gasteiger partial charge in [-0.05, 0) is 19.1 Å². The van der Waals surface area contributed by atoms with E-state index in [1.54, 1.807) is 6.07 Å². The fraction of sp³-hybridized carbons (Fsp3) is 0.267. The number of hydrogen-bond donors (Lipinski definition) is 2. The fourth-order valence-electron chi connectivity index (χ4n) is 1.92. The summed E-state index contributed by atoms with van der Waals surface area (Å²) in [6, 6.07) is 9.34. The molecule has 2 rings (SSSR count). The Labute approximate surface area is 126 Å². The molecule has 0 atom stereocenters. The number of carboxylic acids is 1. The van der Waals surface area contributed by atoms with Crippen LogP contribution < -0.4 is 5.32 Å². The van der Waals surface area contributed by atoms with Crippen molar-refractivity contribution in [2.45, 2.75) is 6.92 Å². The number of nitrogens with zero attached hydrogens (tertiary/aromatic N) is 1. The third-order valence-corrected chi connectivity index (χ3v) is 3.81. The van der Waals surface area contributed by atoms with Gasteiger partial charge in [-0.3, -0.25) is 14.6 Å². The van der Waals surface area contributed by atoms with Gasteiger partial charge in [0.05, 0.1) is 16.8 Å². The molecule has 2 aromatic rings. The Bertz CT molecular complexity index is 673. The summed E-state index contributed by atoms with van der Waals surface area (Å²) in [7, 11) is 0. The highest BCUT2D eigenvalue weighted by atomic mass is 32.2. The predicted octanol–water partition coefficient (Wildman–Crippen LogP) is 2.09. The number of aliphatic carboxylic acids is 1. The van der Waals surface area contributed by atoms with Crippen molar-refractivity contribution in [2.24, 2.45) is 0 Å². The van der Waals surface area contributed by atoms with E-state index >= 15 is 0 Å². The number of carbonyl (C=O) groups is 2. The maximum atomic E-state index is 12.2. The molecule has 1 aromatic heterocycles. The smallest absolute Gasteiger partial charge is 0.313 e. The Balaban J connectivity index is 2.02. The molecule has 0 fully saturated rings. The number of carbonyl (C=O) groups excluding carboxylic acids is 1. The van der Waals surface area contributed by atoms with Gasteiger partial charge >= 0.3 is 5.97 Å². The van der Waals surface area contributed by atoms with Crippen LogP contribution in [0.5, 0.6) is 0 Å². The van der Waals surface area contributed by atoms with Gasteiger partial charge in [0.15, 0.2) is 0 Å². The largest absolute Gasteiger partial charge is 0.481 e. The summed E-state index contributed by atoms with van der Waals surface area (Å²) in [6.07, 6.45) is 0. The van der Waals surface area contributed by atoms with E-state index in [0.717, 1.165) is 11.1 Å². The Morgan fingerprint density at radius 2 is 2.10 bits per heavy atom. The van der Waals surface area contributed by atoms with Crippen LogP contribution >= 0.6 is 11.8 Å². The number of amides is 1. The van der Waals surface area contributed by atoms with E-state index in [2.05, 4.69) is 10.3 Å². The average molecular weight is 304 g/mol. The molecule has 5 nitrogen and oxygen atoms in total. The molecule has 0 aliphatic carbocycles. The highest BCUT2D eigenvalue weighted by Gasteiger charge is 2.10. The number of aryl methyl sites for hydroxylation is 1. The second kappa shape index (κ2) is 7.08. The van der Waals surface area contributed by atoms with E-state index in [0.29, 0.717) is 23.4 Å². The minimum absolute atomic E-state index is 0.0465. The Hall–Kier alpha value is -2.08. The van der Waals surface area contributed by atoms with Crippen molar-refractivity contribution >= 4 is 34.5 Å². The molecule has 2 N–H and O–H groups in total. The first kappa shape index (κ1) is 15.3. The van der Waals surface area contributed by atoms with Crippen LogP contribution in [0.1, 0.15) is 16.1 Å². The lowest BCUT2D eigenvalue weighted by molar-refractivity contribution is -0.133. The molecule has 110 valence electrons. The number of rotatable bonds is 6. The lowest BCUT2D eigenvalue weighted by Crippen LogP contribution is -2.26. The molecule has 1 amide bonds. The Kier molecular flexibility index (Phi) is 5.16. The minimum Gasteiger partial charge on any atom is -0.481 e. The van der Waals surface area contributed by atoms with Gasteiger partial charge in [-0.25, -0.2) is 0 Å². The summed E-state index contributed by atoms with van der Waals surface area (Å²) in [6.45, 7) is 2.32. The van der Waals surface area contributed by atoms with Crippen LogP contribution in [-0.4, -0.2) is 40.0 Å². The molecule has 0 radical (unpaired) electrons. The lowest BCUT2D eigenvalue weighted by atomic mass is 10.1. The Morgan fingerprint density at radius 1 is 1.29 bits per heavy atom. The maximum absolute atomic E-state index is 12.2. The first-order valence-electron chi connectivity index (χ1n) is 6.52. The summed E-state index contributed by atoms with van der Waals surface area (Å²) in [5, 5.41) is 12.2. The molecule has 0 spiro atoms. The zero-order chi connectivity index (χ0) is 15.2. The normalized spacial score (nSPS) is 10.5. The number of para-hydroxylation sites is 1. The van der Waals surface area contributed by atoms with E-state index in [4.69, 9.17) is 5.11 Å². The SMILES string of the molecule is Cc1ccc2cccc(C(=O)NCCSCC(=O)O)c2n1. The van der Waals surface area contributed by atoms with Crippen LogP contribution in [0.2, 0.25) is 0 Å². The van der Waals surface area contributed by atoms with E-state index in [1.165, 1.54) is 11.8 Å². The van der Waals surface area contributed by atoms with Crippen molar-refractivity contribution < 1.29 is 14.7 Å². The van der Waals surface area contributed by atoms with Crippen molar-refractivity contribution in [2.75, 3.05) is 18.1 Å². The summed E-state index contributed by atoms with van der Waals surface area (Å²) in [5.74, 6) is -0.421. The number of aromatic nitrogens is 1. The van der Waals surface area contributed by atoms with Crippen molar-refractivity contribution in [3.63, 3.8) is 0 Å². The number of thioether (sulfide) groups is 1. The van der Waals surface area contributed by atoms with Crippen molar-refractivity contribution in [1.82, 2.24) is 10.3 Å². The predicted molar refractivity (Wildman–Crippen MR) is 83.8 cm³/mol. The summed E-state index contributed by atoms with van der Waals surface area (Å²) in [4.78, 5) is 27.0. The number of fused-ring (bicyclic) bond motifs is 1. The van der Waals surface area contributed by atoms with Crippen LogP contribution in [0.15, 0.2) is 30.3 Å². The van der Waals surface area contributed by atoms with E-state index < -0.39 is 5.97 Å². The van der Waals surface area contributed by atoms with Crippen LogP contribution in [0.3, 0.4) is 0 Å². The molecule has 0 aliphatic heterocycles. The number of carboxylic acid groups (broad SMARTS) is 1. The van der Waals surface area contributed by atoms with Crippen LogP contribution in [0.4, 0.5) is 0 Å². The third-order valence-electron chi connectivity index (χ3n) is 2.86. The summed E-state index contributed by atoms with van der Waals surface area (Å²) < 4.78 is 0. The Morgan fingerprint density at radius 3 is 2.86 bits per heavy atom. The quantitative estimate of drug-likeness (QED) is 0.799. The molecule has 21 heavy (non-hydrogen) atoms. The van der Waals surface area contributed by atoms with Gasteiger partial charge in [0.1, 0.15) is 0 Å². The van der Waals surface area contributed by atoms with Gasteiger partial charge in [-0.15, -0.1) is 11.8 Å². The highest BCUT2D eigenvalue weighted by molar-refractivity contribution is 7.99. The van der Waals surface area contributed by atoms with Gasteiger partial charge < -0.3 is 10.4 Å². The number of benzene rings is 1. The van der Waals surface area contributed by atoms with Crippen LogP contribution in [-0.2, 0) is 4.79 Å². The number of hydrogen-bond acceptors (Lipinski definition) is 4. The standard InChI is InChI=1S/C15H16N2O3S/c1-10-5-6-11-3-2-4-12(14(11)17-10)15(20)16-7-8-21-9-13(18)19/h2-6H,7-9H2,1H3,(H,16,20)(H,18,19). The van der Waals surface area contributed by atoms with E-state index in [9.17, 15) is 9.59 Å². The first-order valence-corrected chi connectivity index (χ1v) is 7.67. The van der Waals surface area contributed by atoms with Crippen molar-refractivity contribution in [3.05, 3.63) is 41.6 Å². The minimum atomic E-state index is -0.847. The molecular weight excluding hydrogens is 288 g/mol. The fourth-order valence-corrected chi connectivity index (χ4v) is 2.48. The monoisotopic (exact) mass is 304 g/mol. The summed E-state index contributed by atoms with van der Waals surface area (Å²) >= 11 is 1.27. The lowest BCUT2D eigenvalue weighted by Gasteiger charge is -2.07. The van der Waals surface area contributed by atoms with Crippen LogP contribution in [0, 0.1) is 6.92 Å². The molecule has 1 aromatic carbocycles. The highest BCUT2D eigenvalue weighted by Crippen LogP contribution is 2.17. The van der Waals surface area contributed by atoms with Crippen molar-refractivity contribution in [3.8, 4) is 0 Å². The van der Waals surface area contributed by atoms with Crippen LogP contribution in [0.25, 0.3) is 10.9 Å². The van der Waals surface area contributed by atoms with Gasteiger partial charge in [0.25, 0.3) is 5.91 Å². The zero-order valence-corrected chi connectivity index (χ0v) is 12.4. The van der Waals surface area contributed by atoms with Crippen molar-refractivity contribution in [1.29, 1.82) is 0 Å². The zero-order valence-electron chi connectivity index (χ0n) is 11.6. The van der Waals surface area contributed by atoms with E-state index in [-0.39, 0.29) is 11.7 Å². The third kappa shape index (κ3) is 4.19. The summed E-state index contributed by atoms with van der Waals surface area (Å²) in [5.41, 5.74) is 2.09. The maximum Gasteiger partial charge on any atom is 0.313 e. The second-order valence-electron chi connectivity index (χ2n) is 4.53. The second-order valence-corrected chi connectivity index (χ2v) is 5.64. The van der Waals surface area contributed by atoms with Gasteiger partial charge in [-0.2, -0.15) is 0 Å².